The molecule has 0 amide bonds. The van der Waals surface area contributed by atoms with E-state index in [0.29, 0.717) is 4.77 Å². The molecule has 0 atom stereocenters. The SMILES string of the molecule is Oc1cn(-c2ccc(Cc3ccccc3)cc2)c(=S)n1-c1ccccc1. The smallest absolute Gasteiger partial charge is 0.215 e. The highest BCUT2D eigenvalue weighted by atomic mass is 32.1. The molecular formula is C22H18N2OS. The highest BCUT2D eigenvalue weighted by Crippen LogP contribution is 2.23. The minimum atomic E-state index is 0.120. The predicted octanol–water partition coefficient (Wildman–Crippen LogP) is 5.29. The van der Waals surface area contributed by atoms with Gasteiger partial charge in [0, 0.05) is 5.69 Å². The molecule has 0 fully saturated rings. The van der Waals surface area contributed by atoms with Crippen molar-refractivity contribution in [2.75, 3.05) is 0 Å². The normalized spacial score (nSPS) is 10.8. The van der Waals surface area contributed by atoms with Gasteiger partial charge in [-0.25, -0.2) is 0 Å². The van der Waals surface area contributed by atoms with E-state index in [4.69, 9.17) is 12.2 Å². The number of benzene rings is 3. The molecule has 0 unspecified atom stereocenters. The number of hydrogen-bond acceptors (Lipinski definition) is 2. The summed E-state index contributed by atoms with van der Waals surface area (Å²) in [5.74, 6) is 0.120. The number of imidazole rings is 1. The highest BCUT2D eigenvalue weighted by Gasteiger charge is 2.10. The van der Waals surface area contributed by atoms with Crippen molar-refractivity contribution < 1.29 is 5.11 Å². The Kier molecular flexibility index (Phi) is 4.42. The van der Waals surface area contributed by atoms with Crippen LogP contribution in [-0.4, -0.2) is 14.2 Å². The summed E-state index contributed by atoms with van der Waals surface area (Å²) >= 11 is 5.58. The molecule has 26 heavy (non-hydrogen) atoms. The molecule has 4 heteroatoms. The molecule has 0 saturated heterocycles. The molecule has 0 aliphatic heterocycles. The lowest BCUT2D eigenvalue weighted by Crippen LogP contribution is -1.98. The van der Waals surface area contributed by atoms with E-state index in [1.807, 2.05) is 53.1 Å². The molecule has 4 rings (SSSR count). The molecule has 3 aromatic carbocycles. The van der Waals surface area contributed by atoms with Crippen molar-refractivity contribution in [3.63, 3.8) is 0 Å². The van der Waals surface area contributed by atoms with Crippen molar-refractivity contribution >= 4 is 12.2 Å². The Labute approximate surface area is 157 Å². The van der Waals surface area contributed by atoms with E-state index >= 15 is 0 Å². The average molecular weight is 358 g/mol. The molecule has 0 aliphatic carbocycles. The Morgan fingerprint density at radius 3 is 1.92 bits per heavy atom. The largest absolute Gasteiger partial charge is 0.493 e. The van der Waals surface area contributed by atoms with E-state index < -0.39 is 0 Å². The number of hydrogen-bond donors (Lipinski definition) is 1. The van der Waals surface area contributed by atoms with Crippen LogP contribution in [0.1, 0.15) is 11.1 Å². The second kappa shape index (κ2) is 7.02. The Morgan fingerprint density at radius 1 is 0.692 bits per heavy atom. The van der Waals surface area contributed by atoms with Crippen LogP contribution < -0.4 is 0 Å². The van der Waals surface area contributed by atoms with Gasteiger partial charge in [-0.1, -0.05) is 60.7 Å². The topological polar surface area (TPSA) is 30.1 Å². The van der Waals surface area contributed by atoms with Gasteiger partial charge >= 0.3 is 0 Å². The second-order valence-corrected chi connectivity index (χ2v) is 6.50. The van der Waals surface area contributed by atoms with Crippen molar-refractivity contribution in [3.05, 3.63) is 107 Å². The Balaban J connectivity index is 1.65. The molecule has 1 heterocycles. The van der Waals surface area contributed by atoms with Gasteiger partial charge in [0.2, 0.25) is 5.88 Å². The molecule has 0 bridgehead atoms. The van der Waals surface area contributed by atoms with Crippen molar-refractivity contribution in [2.45, 2.75) is 6.42 Å². The van der Waals surface area contributed by atoms with Crippen LogP contribution in [0.3, 0.4) is 0 Å². The summed E-state index contributed by atoms with van der Waals surface area (Å²) in [5, 5.41) is 10.4. The number of rotatable bonds is 4. The van der Waals surface area contributed by atoms with Gasteiger partial charge in [0.15, 0.2) is 4.77 Å². The summed E-state index contributed by atoms with van der Waals surface area (Å²) in [4.78, 5) is 0. The zero-order valence-electron chi connectivity index (χ0n) is 14.1. The van der Waals surface area contributed by atoms with Crippen LogP contribution >= 0.6 is 12.2 Å². The first-order chi connectivity index (χ1) is 12.7. The minimum Gasteiger partial charge on any atom is -0.493 e. The predicted molar refractivity (Wildman–Crippen MR) is 107 cm³/mol. The Bertz CT molecular complexity index is 1060. The third-order valence-electron chi connectivity index (χ3n) is 4.35. The maximum Gasteiger partial charge on any atom is 0.215 e. The van der Waals surface area contributed by atoms with E-state index in [9.17, 15) is 5.11 Å². The summed E-state index contributed by atoms with van der Waals surface area (Å²) in [6, 6.07) is 28.3. The van der Waals surface area contributed by atoms with Gasteiger partial charge in [-0.05, 0) is 54.0 Å². The van der Waals surface area contributed by atoms with Crippen LogP contribution in [0.2, 0.25) is 0 Å². The van der Waals surface area contributed by atoms with E-state index in [-0.39, 0.29) is 5.88 Å². The van der Waals surface area contributed by atoms with E-state index in [1.165, 1.54) is 11.1 Å². The van der Waals surface area contributed by atoms with Gasteiger partial charge < -0.3 is 5.11 Å². The third-order valence-corrected chi connectivity index (χ3v) is 4.73. The maximum absolute atomic E-state index is 10.4. The van der Waals surface area contributed by atoms with Gasteiger partial charge in [-0.2, -0.15) is 0 Å². The fourth-order valence-electron chi connectivity index (χ4n) is 3.04. The van der Waals surface area contributed by atoms with Crippen molar-refractivity contribution in [1.29, 1.82) is 0 Å². The lowest BCUT2D eigenvalue weighted by Gasteiger charge is -2.06. The first-order valence-corrected chi connectivity index (χ1v) is 8.85. The van der Waals surface area contributed by atoms with Gasteiger partial charge in [0.05, 0.1) is 11.9 Å². The molecule has 3 nitrogen and oxygen atoms in total. The monoisotopic (exact) mass is 358 g/mol. The summed E-state index contributed by atoms with van der Waals surface area (Å²) < 4.78 is 4.02. The number of para-hydroxylation sites is 1. The lowest BCUT2D eigenvalue weighted by atomic mass is 10.0. The van der Waals surface area contributed by atoms with Crippen LogP contribution in [0.25, 0.3) is 11.4 Å². The minimum absolute atomic E-state index is 0.120. The molecule has 0 radical (unpaired) electrons. The van der Waals surface area contributed by atoms with Crippen LogP contribution in [-0.2, 0) is 6.42 Å². The fourth-order valence-corrected chi connectivity index (χ4v) is 3.40. The molecule has 0 spiro atoms. The van der Waals surface area contributed by atoms with Crippen LogP contribution in [0.15, 0.2) is 91.1 Å². The number of aromatic nitrogens is 2. The van der Waals surface area contributed by atoms with Crippen LogP contribution in [0, 0.1) is 4.77 Å². The molecule has 128 valence electrons. The molecule has 1 N–H and O–H groups in total. The fraction of sp³-hybridized carbons (Fsp3) is 0.0455. The number of aromatic hydroxyl groups is 1. The Morgan fingerprint density at radius 2 is 1.27 bits per heavy atom. The summed E-state index contributed by atoms with van der Waals surface area (Å²) in [6.07, 6.45) is 2.55. The van der Waals surface area contributed by atoms with E-state index in [1.54, 1.807) is 10.8 Å². The van der Waals surface area contributed by atoms with Gasteiger partial charge in [-0.15, -0.1) is 0 Å². The summed E-state index contributed by atoms with van der Waals surface area (Å²) in [5.41, 5.74) is 4.29. The van der Waals surface area contributed by atoms with Crippen molar-refractivity contribution in [1.82, 2.24) is 9.13 Å². The standard InChI is InChI=1S/C22H18N2OS/c25-21-16-23(22(26)24(21)20-9-5-2-6-10-20)19-13-11-18(12-14-19)15-17-7-3-1-4-8-17/h1-14,16,25H,15H2. The molecule has 0 saturated carbocycles. The van der Waals surface area contributed by atoms with Crippen LogP contribution in [0.4, 0.5) is 0 Å². The van der Waals surface area contributed by atoms with Gasteiger partial charge in [0.1, 0.15) is 0 Å². The first-order valence-electron chi connectivity index (χ1n) is 8.44. The zero-order chi connectivity index (χ0) is 17.9. The quantitative estimate of drug-likeness (QED) is 0.502. The molecule has 1 aromatic heterocycles. The number of nitrogens with zero attached hydrogens (tertiary/aromatic N) is 2. The van der Waals surface area contributed by atoms with Crippen molar-refractivity contribution in [2.24, 2.45) is 0 Å². The Hall–Kier alpha value is -3.11. The molecule has 4 aromatic rings. The second-order valence-electron chi connectivity index (χ2n) is 6.14. The molecule has 0 aliphatic rings. The van der Waals surface area contributed by atoms with Crippen molar-refractivity contribution in [3.8, 4) is 17.3 Å². The molecular weight excluding hydrogens is 340 g/mol. The first kappa shape index (κ1) is 16.4. The van der Waals surface area contributed by atoms with Crippen LogP contribution in [0.5, 0.6) is 5.88 Å². The van der Waals surface area contributed by atoms with Gasteiger partial charge in [0.25, 0.3) is 0 Å². The lowest BCUT2D eigenvalue weighted by molar-refractivity contribution is 0.442. The van der Waals surface area contributed by atoms with E-state index in [2.05, 4.69) is 36.4 Å². The summed E-state index contributed by atoms with van der Waals surface area (Å²) in [6.45, 7) is 0. The van der Waals surface area contributed by atoms with Gasteiger partial charge in [-0.3, -0.25) is 9.13 Å². The maximum atomic E-state index is 10.4. The summed E-state index contributed by atoms with van der Waals surface area (Å²) in [7, 11) is 0. The third kappa shape index (κ3) is 3.19. The zero-order valence-corrected chi connectivity index (χ0v) is 14.9. The highest BCUT2D eigenvalue weighted by molar-refractivity contribution is 7.71. The van der Waals surface area contributed by atoms with E-state index in [0.717, 1.165) is 17.8 Å². The average Bonchev–Trinajstić information content (AvgIpc) is 2.98.